The molecule has 0 aliphatic heterocycles. The summed E-state index contributed by atoms with van der Waals surface area (Å²) in [7, 11) is 0. The molecule has 0 spiro atoms. The van der Waals surface area contributed by atoms with Crippen molar-refractivity contribution < 1.29 is 24.3 Å². The number of carboxylic acids is 1. The van der Waals surface area contributed by atoms with Crippen LogP contribution in [-0.4, -0.2) is 76.2 Å². The smallest absolute Gasteiger partial charge is 0.327 e. The molecule has 3 amide bonds. The lowest BCUT2D eigenvalue weighted by Gasteiger charge is -2.21. The highest BCUT2D eigenvalue weighted by molar-refractivity contribution is 7.98. The number of carbonyl (C=O) groups excluding carboxylic acids is 3. The number of aliphatic carboxylic acids is 1. The molecule has 1 heterocycles. The Morgan fingerprint density at radius 2 is 1.88 bits per heavy atom. The van der Waals surface area contributed by atoms with Gasteiger partial charge in [0.15, 0.2) is 0 Å². The summed E-state index contributed by atoms with van der Waals surface area (Å²) in [5.74, 6) is -2.44. The van der Waals surface area contributed by atoms with Gasteiger partial charge in [0.25, 0.3) is 0 Å². The first-order valence-corrected chi connectivity index (χ1v) is 12.3. The largest absolute Gasteiger partial charge is 0.480 e. The van der Waals surface area contributed by atoms with Gasteiger partial charge in [0.2, 0.25) is 17.7 Å². The molecule has 0 bridgehead atoms. The number of carboxylic acid groups (broad SMARTS) is 1. The SMILES string of the molecule is CSCCC(NC(=O)CNC(=O)C(N)Cc1c[nH]c2ccccc12)C(=O)NC(CS)C(=O)O. The van der Waals surface area contributed by atoms with Gasteiger partial charge in [0, 0.05) is 22.9 Å². The second-order valence-electron chi connectivity index (χ2n) is 7.37. The quantitative estimate of drug-likeness (QED) is 0.190. The number of H-pyrrole nitrogens is 1. The van der Waals surface area contributed by atoms with E-state index in [-0.39, 0.29) is 18.7 Å². The molecule has 0 aliphatic carbocycles. The number of rotatable bonds is 13. The van der Waals surface area contributed by atoms with Crippen molar-refractivity contribution in [1.29, 1.82) is 0 Å². The van der Waals surface area contributed by atoms with Crippen molar-refractivity contribution in [3.8, 4) is 0 Å². The molecule has 0 fully saturated rings. The summed E-state index contributed by atoms with van der Waals surface area (Å²) in [5.41, 5.74) is 7.85. The minimum atomic E-state index is -1.22. The topological polar surface area (TPSA) is 166 Å². The van der Waals surface area contributed by atoms with E-state index in [1.54, 1.807) is 6.20 Å². The number of aromatic nitrogens is 1. The molecule has 3 unspecified atom stereocenters. The van der Waals surface area contributed by atoms with Gasteiger partial charge in [-0.15, -0.1) is 0 Å². The Morgan fingerprint density at radius 3 is 2.55 bits per heavy atom. The summed E-state index contributed by atoms with van der Waals surface area (Å²) in [5, 5.41) is 17.4. The molecule has 12 heteroatoms. The van der Waals surface area contributed by atoms with Crippen LogP contribution in [0.3, 0.4) is 0 Å². The van der Waals surface area contributed by atoms with Crippen LogP contribution in [0.2, 0.25) is 0 Å². The van der Waals surface area contributed by atoms with Crippen molar-refractivity contribution in [3.63, 3.8) is 0 Å². The number of thiol groups is 1. The molecule has 3 atom stereocenters. The first-order chi connectivity index (χ1) is 15.8. The summed E-state index contributed by atoms with van der Waals surface area (Å²) < 4.78 is 0. The Hall–Kier alpha value is -2.70. The van der Waals surface area contributed by atoms with Crippen LogP contribution in [0.4, 0.5) is 0 Å². The molecule has 2 rings (SSSR count). The van der Waals surface area contributed by atoms with Crippen LogP contribution in [0, 0.1) is 0 Å². The number of carbonyl (C=O) groups is 4. The van der Waals surface area contributed by atoms with Crippen molar-refractivity contribution in [3.05, 3.63) is 36.0 Å². The Morgan fingerprint density at radius 1 is 1.15 bits per heavy atom. The van der Waals surface area contributed by atoms with Crippen LogP contribution in [0.1, 0.15) is 12.0 Å². The van der Waals surface area contributed by atoms with E-state index in [1.165, 1.54) is 11.8 Å². The fourth-order valence-corrected chi connectivity index (χ4v) is 3.86. The molecular formula is C21H29N5O5S2. The van der Waals surface area contributed by atoms with Crippen molar-refractivity contribution in [2.24, 2.45) is 5.73 Å². The number of amides is 3. The number of benzene rings is 1. The van der Waals surface area contributed by atoms with Crippen molar-refractivity contribution in [2.45, 2.75) is 31.0 Å². The van der Waals surface area contributed by atoms with Gasteiger partial charge in [-0.3, -0.25) is 14.4 Å². The highest BCUT2D eigenvalue weighted by Crippen LogP contribution is 2.18. The molecule has 7 N–H and O–H groups in total. The predicted octanol–water partition coefficient (Wildman–Crippen LogP) is -0.109. The Balaban J connectivity index is 1.88. The summed E-state index contributed by atoms with van der Waals surface area (Å²) in [6, 6.07) is 4.68. The normalized spacial score (nSPS) is 13.7. The number of aromatic amines is 1. The van der Waals surface area contributed by atoms with Gasteiger partial charge in [0.05, 0.1) is 12.6 Å². The monoisotopic (exact) mass is 495 g/mol. The van der Waals surface area contributed by atoms with Gasteiger partial charge in [-0.1, -0.05) is 18.2 Å². The molecule has 180 valence electrons. The first-order valence-electron chi connectivity index (χ1n) is 10.3. The predicted molar refractivity (Wildman–Crippen MR) is 131 cm³/mol. The maximum absolute atomic E-state index is 12.4. The minimum Gasteiger partial charge on any atom is -0.480 e. The number of nitrogens with two attached hydrogens (primary N) is 1. The van der Waals surface area contributed by atoms with E-state index >= 15 is 0 Å². The van der Waals surface area contributed by atoms with Gasteiger partial charge >= 0.3 is 5.97 Å². The van der Waals surface area contributed by atoms with Crippen LogP contribution in [-0.2, 0) is 25.6 Å². The van der Waals surface area contributed by atoms with Gasteiger partial charge in [0.1, 0.15) is 12.1 Å². The first kappa shape index (κ1) is 26.6. The highest BCUT2D eigenvalue weighted by atomic mass is 32.2. The third-order valence-corrected chi connectivity index (χ3v) is 5.94. The molecule has 0 saturated heterocycles. The molecule has 10 nitrogen and oxygen atoms in total. The molecule has 1 aromatic carbocycles. The second kappa shape index (κ2) is 13.1. The lowest BCUT2D eigenvalue weighted by molar-refractivity contribution is -0.141. The molecule has 1 aromatic heterocycles. The molecule has 0 radical (unpaired) electrons. The van der Waals surface area contributed by atoms with Crippen molar-refractivity contribution in [2.75, 3.05) is 24.3 Å². The molecule has 0 saturated carbocycles. The standard InChI is InChI=1S/C21H29N5O5S2/c1-33-7-6-16(20(29)26-17(11-32)21(30)31)25-18(27)10-24-19(28)14(22)8-12-9-23-15-5-3-2-4-13(12)15/h2-5,9,14,16-17,23,32H,6-8,10-11,22H2,1H3,(H,24,28)(H,25,27)(H,26,29)(H,30,31). The highest BCUT2D eigenvalue weighted by Gasteiger charge is 2.26. The van der Waals surface area contributed by atoms with Crippen LogP contribution in [0.25, 0.3) is 10.9 Å². The molecule has 0 aliphatic rings. The zero-order valence-corrected chi connectivity index (χ0v) is 19.9. The van der Waals surface area contributed by atoms with Gasteiger partial charge in [-0.05, 0) is 36.5 Å². The minimum absolute atomic E-state index is 0.0886. The van der Waals surface area contributed by atoms with Crippen LogP contribution < -0.4 is 21.7 Å². The lowest BCUT2D eigenvalue weighted by Crippen LogP contribution is -2.54. The Kier molecular flexibility index (Phi) is 10.6. The summed E-state index contributed by atoms with van der Waals surface area (Å²) in [6.07, 6.45) is 4.23. The van der Waals surface area contributed by atoms with Crippen molar-refractivity contribution in [1.82, 2.24) is 20.9 Å². The number of nitrogens with one attached hydrogen (secondary N) is 4. The Bertz CT molecular complexity index is 983. The third-order valence-electron chi connectivity index (χ3n) is 4.93. The Labute approximate surface area is 201 Å². The number of hydrogen-bond donors (Lipinski definition) is 7. The lowest BCUT2D eigenvalue weighted by atomic mass is 10.1. The zero-order chi connectivity index (χ0) is 24.4. The van der Waals surface area contributed by atoms with Gasteiger partial charge in [-0.2, -0.15) is 24.4 Å². The van der Waals surface area contributed by atoms with E-state index in [0.717, 1.165) is 16.5 Å². The van der Waals surface area contributed by atoms with Crippen LogP contribution in [0.5, 0.6) is 0 Å². The van der Waals surface area contributed by atoms with Gasteiger partial charge in [-0.25, -0.2) is 4.79 Å². The summed E-state index contributed by atoms with van der Waals surface area (Å²) in [4.78, 5) is 51.4. The van der Waals surface area contributed by atoms with Crippen LogP contribution >= 0.6 is 24.4 Å². The van der Waals surface area contributed by atoms with Gasteiger partial charge < -0.3 is 31.8 Å². The third kappa shape index (κ3) is 7.98. The molecular weight excluding hydrogens is 466 g/mol. The fourth-order valence-electron chi connectivity index (χ4n) is 3.14. The fraction of sp³-hybridized carbons (Fsp3) is 0.429. The average Bonchev–Trinajstić information content (AvgIpc) is 3.20. The maximum atomic E-state index is 12.4. The number of fused-ring (bicyclic) bond motifs is 1. The van der Waals surface area contributed by atoms with E-state index in [4.69, 9.17) is 10.8 Å². The molecule has 33 heavy (non-hydrogen) atoms. The second-order valence-corrected chi connectivity index (χ2v) is 8.72. The molecule has 2 aromatic rings. The maximum Gasteiger partial charge on any atom is 0.327 e. The summed E-state index contributed by atoms with van der Waals surface area (Å²) >= 11 is 5.39. The van der Waals surface area contributed by atoms with E-state index in [0.29, 0.717) is 12.2 Å². The number of para-hydroxylation sites is 1. The van der Waals surface area contributed by atoms with E-state index in [2.05, 4.69) is 33.6 Å². The number of thioether (sulfide) groups is 1. The van der Waals surface area contributed by atoms with E-state index in [1.807, 2.05) is 30.5 Å². The number of hydrogen-bond acceptors (Lipinski definition) is 7. The average molecular weight is 496 g/mol. The summed E-state index contributed by atoms with van der Waals surface area (Å²) in [6.45, 7) is -0.363. The zero-order valence-electron chi connectivity index (χ0n) is 18.2. The van der Waals surface area contributed by atoms with E-state index in [9.17, 15) is 19.2 Å². The van der Waals surface area contributed by atoms with Crippen LogP contribution in [0.15, 0.2) is 30.5 Å². The van der Waals surface area contributed by atoms with E-state index < -0.39 is 41.8 Å². The van der Waals surface area contributed by atoms with Crippen molar-refractivity contribution >= 4 is 59.0 Å².